The van der Waals surface area contributed by atoms with E-state index in [1.807, 2.05) is 35.3 Å². The van der Waals surface area contributed by atoms with Gasteiger partial charge in [0.25, 0.3) is 0 Å². The zero-order valence-electron chi connectivity index (χ0n) is 15.8. The van der Waals surface area contributed by atoms with Gasteiger partial charge in [0.05, 0.1) is 12.3 Å². The lowest BCUT2D eigenvalue weighted by Crippen LogP contribution is -2.33. The third kappa shape index (κ3) is 2.89. The number of nitrogens with zero attached hydrogens (tertiary/aromatic N) is 2. The lowest BCUT2D eigenvalue weighted by atomic mass is 9.96. The molecule has 0 radical (unpaired) electrons. The minimum Gasteiger partial charge on any atom is -0.464 e. The van der Waals surface area contributed by atoms with Crippen LogP contribution < -0.4 is 4.74 Å². The van der Waals surface area contributed by atoms with Crippen LogP contribution in [-0.4, -0.2) is 10.7 Å². The Balaban J connectivity index is 1.57. The van der Waals surface area contributed by atoms with Crippen LogP contribution in [-0.2, 0) is 0 Å². The van der Waals surface area contributed by atoms with Gasteiger partial charge in [-0.2, -0.15) is 5.10 Å². The molecule has 28 heavy (non-hydrogen) atoms. The smallest absolute Gasteiger partial charge is 0.213 e. The summed E-state index contributed by atoms with van der Waals surface area (Å²) < 4.78 is 12.0. The van der Waals surface area contributed by atoms with Crippen LogP contribution in [0.4, 0.5) is 0 Å². The summed E-state index contributed by atoms with van der Waals surface area (Å²) in [5.74, 6) is 2.15. The molecule has 2 aliphatic heterocycles. The quantitative estimate of drug-likeness (QED) is 0.525. The molecule has 1 aromatic heterocycles. The maximum atomic E-state index is 6.38. The van der Waals surface area contributed by atoms with E-state index in [0.29, 0.717) is 10.9 Å². The Hall–Kier alpha value is -2.72. The molecule has 3 aromatic rings. The van der Waals surface area contributed by atoms with E-state index in [2.05, 4.69) is 38.1 Å². The number of hydrogen-bond acceptors (Lipinski definition) is 4. The van der Waals surface area contributed by atoms with Gasteiger partial charge in [-0.15, -0.1) is 0 Å². The second-order valence-corrected chi connectivity index (χ2v) is 8.03. The molecule has 2 unspecified atom stereocenters. The Labute approximate surface area is 169 Å². The number of ether oxygens (including phenoxy) is 1. The van der Waals surface area contributed by atoms with Crippen LogP contribution in [0.15, 0.2) is 70.4 Å². The van der Waals surface area contributed by atoms with Crippen molar-refractivity contribution in [3.05, 3.63) is 88.3 Å². The monoisotopic (exact) mass is 392 g/mol. The summed E-state index contributed by atoms with van der Waals surface area (Å²) in [5, 5.41) is 7.63. The molecule has 0 bridgehead atoms. The molecule has 2 atom stereocenters. The second kappa shape index (κ2) is 6.71. The summed E-state index contributed by atoms with van der Waals surface area (Å²) >= 11 is 6.27. The molecule has 3 heterocycles. The highest BCUT2D eigenvalue weighted by molar-refractivity contribution is 6.30. The van der Waals surface area contributed by atoms with Crippen LogP contribution in [0.2, 0.25) is 5.02 Å². The first kappa shape index (κ1) is 17.4. The normalized spacial score (nSPS) is 20.6. The molecule has 2 aromatic carbocycles. The van der Waals surface area contributed by atoms with Gasteiger partial charge in [0, 0.05) is 22.6 Å². The summed E-state index contributed by atoms with van der Waals surface area (Å²) in [6, 6.07) is 18.3. The number of rotatable bonds is 3. The van der Waals surface area contributed by atoms with Gasteiger partial charge in [-0.1, -0.05) is 49.7 Å². The van der Waals surface area contributed by atoms with Gasteiger partial charge in [-0.3, -0.25) is 0 Å². The van der Waals surface area contributed by atoms with Gasteiger partial charge in [-0.05, 0) is 41.8 Å². The molecule has 5 heteroatoms. The van der Waals surface area contributed by atoms with Crippen molar-refractivity contribution in [1.82, 2.24) is 5.01 Å². The zero-order chi connectivity index (χ0) is 19.3. The number of halogens is 1. The highest BCUT2D eigenvalue weighted by Crippen LogP contribution is 2.48. The molecule has 0 spiro atoms. The molecular weight excluding hydrogens is 372 g/mol. The van der Waals surface area contributed by atoms with E-state index >= 15 is 0 Å². The molecule has 0 saturated carbocycles. The van der Waals surface area contributed by atoms with E-state index in [-0.39, 0.29) is 12.3 Å². The molecule has 4 nitrogen and oxygen atoms in total. The number of hydrogen-bond donors (Lipinski definition) is 0. The minimum atomic E-state index is -0.285. The molecule has 0 N–H and O–H groups in total. The van der Waals surface area contributed by atoms with E-state index in [0.717, 1.165) is 34.8 Å². The topological polar surface area (TPSA) is 38.0 Å². The summed E-state index contributed by atoms with van der Waals surface area (Å²) in [7, 11) is 0. The maximum Gasteiger partial charge on any atom is 0.213 e. The largest absolute Gasteiger partial charge is 0.464 e. The fourth-order valence-corrected chi connectivity index (χ4v) is 4.10. The molecular formula is C23H21ClN2O2. The Bertz CT molecular complexity index is 1030. The van der Waals surface area contributed by atoms with Crippen molar-refractivity contribution in [2.75, 3.05) is 0 Å². The van der Waals surface area contributed by atoms with Crippen molar-refractivity contribution in [3.63, 3.8) is 0 Å². The van der Waals surface area contributed by atoms with Crippen molar-refractivity contribution >= 4 is 17.3 Å². The predicted octanol–water partition coefficient (Wildman–Crippen LogP) is 6.30. The number of benzene rings is 2. The molecule has 2 aliphatic rings. The zero-order valence-corrected chi connectivity index (χ0v) is 16.6. The van der Waals surface area contributed by atoms with Crippen molar-refractivity contribution in [3.8, 4) is 5.75 Å². The van der Waals surface area contributed by atoms with Crippen LogP contribution in [0.5, 0.6) is 5.75 Å². The first-order chi connectivity index (χ1) is 13.6. The molecule has 142 valence electrons. The summed E-state index contributed by atoms with van der Waals surface area (Å²) in [6.07, 6.45) is 2.15. The van der Waals surface area contributed by atoms with E-state index in [1.165, 1.54) is 5.56 Å². The van der Waals surface area contributed by atoms with E-state index in [4.69, 9.17) is 25.9 Å². The third-order valence-corrected chi connectivity index (χ3v) is 5.68. The highest BCUT2D eigenvalue weighted by Gasteiger charge is 2.41. The van der Waals surface area contributed by atoms with Gasteiger partial charge in [-0.25, -0.2) is 5.01 Å². The van der Waals surface area contributed by atoms with E-state index in [9.17, 15) is 0 Å². The van der Waals surface area contributed by atoms with Crippen molar-refractivity contribution in [1.29, 1.82) is 0 Å². The van der Waals surface area contributed by atoms with Crippen LogP contribution in [0.3, 0.4) is 0 Å². The summed E-state index contributed by atoms with van der Waals surface area (Å²) in [6.45, 7) is 4.39. The second-order valence-electron chi connectivity index (χ2n) is 7.60. The first-order valence-electron chi connectivity index (χ1n) is 9.56. The molecule has 5 rings (SSSR count). The Morgan fingerprint density at radius 3 is 2.64 bits per heavy atom. The molecule has 0 saturated heterocycles. The first-order valence-corrected chi connectivity index (χ1v) is 9.93. The van der Waals surface area contributed by atoms with Gasteiger partial charge in [0.1, 0.15) is 17.2 Å². The van der Waals surface area contributed by atoms with Crippen molar-refractivity contribution in [2.24, 2.45) is 5.10 Å². The standard InChI is InChI=1S/C23H21ClN2O2/c1-14(2)15-5-7-16(8-6-15)23-26-20(13-19(25-26)22-4-3-11-27-22)18-12-17(24)9-10-21(18)28-23/h3-12,14,20,23H,13H2,1-2H3. The number of hydrazone groups is 1. The average Bonchev–Trinajstić information content (AvgIpc) is 3.37. The lowest BCUT2D eigenvalue weighted by molar-refractivity contribution is -0.0190. The van der Waals surface area contributed by atoms with Crippen LogP contribution >= 0.6 is 11.6 Å². The minimum absolute atomic E-state index is 0.0670. The highest BCUT2D eigenvalue weighted by atomic mass is 35.5. The Morgan fingerprint density at radius 1 is 1.11 bits per heavy atom. The Morgan fingerprint density at radius 2 is 1.93 bits per heavy atom. The summed E-state index contributed by atoms with van der Waals surface area (Å²) in [5.41, 5.74) is 4.38. The third-order valence-electron chi connectivity index (χ3n) is 5.45. The van der Waals surface area contributed by atoms with Crippen LogP contribution in [0.1, 0.15) is 60.9 Å². The maximum absolute atomic E-state index is 6.38. The summed E-state index contributed by atoms with van der Waals surface area (Å²) in [4.78, 5) is 0. The van der Waals surface area contributed by atoms with Crippen LogP contribution in [0, 0.1) is 0 Å². The van der Waals surface area contributed by atoms with Gasteiger partial charge < -0.3 is 9.15 Å². The van der Waals surface area contributed by atoms with Gasteiger partial charge in [0.15, 0.2) is 0 Å². The number of fused-ring (bicyclic) bond motifs is 3. The lowest BCUT2D eigenvalue weighted by Gasteiger charge is -2.38. The fourth-order valence-electron chi connectivity index (χ4n) is 3.92. The number of furan rings is 1. The van der Waals surface area contributed by atoms with Crippen molar-refractivity contribution in [2.45, 2.75) is 38.5 Å². The van der Waals surface area contributed by atoms with E-state index in [1.54, 1.807) is 6.26 Å². The fraction of sp³-hybridized carbons (Fsp3) is 0.261. The van der Waals surface area contributed by atoms with Gasteiger partial charge in [0.2, 0.25) is 6.23 Å². The average molecular weight is 393 g/mol. The Kier molecular flexibility index (Phi) is 4.17. The predicted molar refractivity (Wildman–Crippen MR) is 110 cm³/mol. The van der Waals surface area contributed by atoms with E-state index < -0.39 is 0 Å². The molecule has 0 fully saturated rings. The van der Waals surface area contributed by atoms with Crippen molar-refractivity contribution < 1.29 is 9.15 Å². The SMILES string of the molecule is CC(C)c1ccc(C2Oc3ccc(Cl)cc3C3CC(c4ccco4)=NN32)cc1. The molecule has 0 amide bonds. The van der Waals surface area contributed by atoms with Crippen LogP contribution in [0.25, 0.3) is 0 Å². The molecule has 0 aliphatic carbocycles. The van der Waals surface area contributed by atoms with Gasteiger partial charge >= 0.3 is 0 Å².